The van der Waals surface area contributed by atoms with Gasteiger partial charge in [0.2, 0.25) is 5.95 Å². The van der Waals surface area contributed by atoms with E-state index >= 15 is 0 Å². The molecule has 7 heteroatoms. The van der Waals surface area contributed by atoms with Gasteiger partial charge in [0, 0.05) is 23.3 Å². The molecule has 0 saturated heterocycles. The highest BCUT2D eigenvalue weighted by Gasteiger charge is 2.13. The average Bonchev–Trinajstić information content (AvgIpc) is 2.37. The van der Waals surface area contributed by atoms with Gasteiger partial charge in [-0.25, -0.2) is 9.97 Å². The summed E-state index contributed by atoms with van der Waals surface area (Å²) < 4.78 is 0. The first-order valence-corrected chi connectivity index (χ1v) is 6.06. The Morgan fingerprint density at radius 1 is 1.10 bits per heavy atom. The smallest absolute Gasteiger partial charge is 0.261 e. The minimum absolute atomic E-state index is 0.260. The zero-order valence-electron chi connectivity index (χ0n) is 11.6. The number of nitrogen functional groups attached to an aromatic ring is 1. The minimum Gasteiger partial charge on any atom is -0.323 e. The summed E-state index contributed by atoms with van der Waals surface area (Å²) in [5.41, 5.74) is 5.65. The monoisotopic (exact) mass is 272 g/mol. The Kier molecular flexibility index (Phi) is 3.90. The van der Waals surface area contributed by atoms with Crippen molar-refractivity contribution in [2.45, 2.75) is 20.8 Å². The molecule has 0 atom stereocenters. The lowest BCUT2D eigenvalue weighted by atomic mass is 10.2. The second-order valence-electron chi connectivity index (χ2n) is 4.44. The standard InChI is InChI=1S/C13H16N6O/c1-7-5-11(19-14)10(6-15-7)12(20)18-13-16-8(2)4-9(3)17-13/h4-6H,14H2,1-3H3,(H,15,19)(H,16,17,18,20). The summed E-state index contributed by atoms with van der Waals surface area (Å²) in [5, 5.41) is 2.64. The maximum absolute atomic E-state index is 12.2. The molecule has 2 rings (SSSR count). The zero-order chi connectivity index (χ0) is 14.7. The third-order valence-corrected chi connectivity index (χ3v) is 2.65. The predicted octanol–water partition coefficient (Wildman–Crippen LogP) is 1.33. The average molecular weight is 272 g/mol. The molecule has 0 aliphatic heterocycles. The SMILES string of the molecule is Cc1cc(NN)c(C(=O)Nc2nc(C)cc(C)n2)cn1. The molecule has 1 amide bonds. The molecule has 0 saturated carbocycles. The molecule has 0 aliphatic rings. The van der Waals surface area contributed by atoms with E-state index in [9.17, 15) is 4.79 Å². The molecule has 20 heavy (non-hydrogen) atoms. The van der Waals surface area contributed by atoms with Crippen molar-refractivity contribution in [3.63, 3.8) is 0 Å². The van der Waals surface area contributed by atoms with Crippen LogP contribution in [0.3, 0.4) is 0 Å². The molecular formula is C13H16N6O. The minimum atomic E-state index is -0.365. The van der Waals surface area contributed by atoms with Crippen LogP contribution in [0.25, 0.3) is 0 Å². The van der Waals surface area contributed by atoms with E-state index in [2.05, 4.69) is 25.7 Å². The van der Waals surface area contributed by atoms with Crippen LogP contribution in [0.4, 0.5) is 11.6 Å². The number of carbonyl (C=O) groups is 1. The number of aryl methyl sites for hydroxylation is 3. The fourth-order valence-electron chi connectivity index (χ4n) is 1.81. The number of hydrazine groups is 1. The van der Waals surface area contributed by atoms with E-state index in [-0.39, 0.29) is 11.9 Å². The first-order valence-electron chi connectivity index (χ1n) is 6.06. The number of hydrogen-bond donors (Lipinski definition) is 3. The van der Waals surface area contributed by atoms with Crippen LogP contribution < -0.4 is 16.6 Å². The fourth-order valence-corrected chi connectivity index (χ4v) is 1.81. The highest BCUT2D eigenvalue weighted by atomic mass is 16.1. The summed E-state index contributed by atoms with van der Waals surface area (Å²) >= 11 is 0. The highest BCUT2D eigenvalue weighted by Crippen LogP contribution is 2.16. The van der Waals surface area contributed by atoms with Gasteiger partial charge in [0.05, 0.1) is 11.3 Å². The molecule has 0 spiro atoms. The van der Waals surface area contributed by atoms with E-state index in [1.807, 2.05) is 26.8 Å². The quantitative estimate of drug-likeness (QED) is 0.575. The zero-order valence-corrected chi connectivity index (χ0v) is 11.6. The van der Waals surface area contributed by atoms with E-state index in [0.29, 0.717) is 11.3 Å². The second kappa shape index (κ2) is 5.62. The molecule has 0 aliphatic carbocycles. The number of anilines is 2. The van der Waals surface area contributed by atoms with Crippen LogP contribution >= 0.6 is 0 Å². The van der Waals surface area contributed by atoms with Crippen molar-refractivity contribution in [3.8, 4) is 0 Å². The van der Waals surface area contributed by atoms with E-state index in [4.69, 9.17) is 5.84 Å². The number of hydrogen-bond acceptors (Lipinski definition) is 6. The van der Waals surface area contributed by atoms with Crippen molar-refractivity contribution in [1.82, 2.24) is 15.0 Å². The van der Waals surface area contributed by atoms with Crippen LogP contribution in [0.2, 0.25) is 0 Å². The molecule has 2 aromatic rings. The Labute approximate surface area is 116 Å². The van der Waals surface area contributed by atoms with Crippen molar-refractivity contribution < 1.29 is 4.79 Å². The van der Waals surface area contributed by atoms with Crippen LogP contribution in [0.1, 0.15) is 27.4 Å². The predicted molar refractivity (Wildman–Crippen MR) is 76.2 cm³/mol. The van der Waals surface area contributed by atoms with Crippen LogP contribution in [0.15, 0.2) is 18.3 Å². The largest absolute Gasteiger partial charge is 0.323 e. The third kappa shape index (κ3) is 3.07. The van der Waals surface area contributed by atoms with Gasteiger partial charge in [0.15, 0.2) is 0 Å². The molecule has 104 valence electrons. The lowest BCUT2D eigenvalue weighted by Gasteiger charge is -2.09. The number of carbonyl (C=O) groups excluding carboxylic acids is 1. The van der Waals surface area contributed by atoms with Crippen LogP contribution in [0, 0.1) is 20.8 Å². The number of amides is 1. The van der Waals surface area contributed by atoms with Crippen molar-refractivity contribution in [1.29, 1.82) is 0 Å². The Hall–Kier alpha value is -2.54. The lowest BCUT2D eigenvalue weighted by Crippen LogP contribution is -2.19. The molecule has 0 aromatic carbocycles. The van der Waals surface area contributed by atoms with Crippen molar-refractivity contribution in [2.24, 2.45) is 5.84 Å². The first kappa shape index (κ1) is 13.9. The number of rotatable bonds is 3. The molecule has 0 unspecified atom stereocenters. The van der Waals surface area contributed by atoms with Crippen LogP contribution in [0.5, 0.6) is 0 Å². The van der Waals surface area contributed by atoms with E-state index < -0.39 is 0 Å². The Morgan fingerprint density at radius 3 is 2.35 bits per heavy atom. The molecule has 2 heterocycles. The van der Waals surface area contributed by atoms with Crippen molar-refractivity contribution in [2.75, 3.05) is 10.7 Å². The maximum atomic E-state index is 12.2. The van der Waals surface area contributed by atoms with E-state index in [1.54, 1.807) is 6.07 Å². The van der Waals surface area contributed by atoms with Crippen molar-refractivity contribution >= 4 is 17.5 Å². The van der Waals surface area contributed by atoms with Gasteiger partial charge in [-0.3, -0.25) is 20.9 Å². The topological polar surface area (TPSA) is 106 Å². The molecular weight excluding hydrogens is 256 g/mol. The summed E-state index contributed by atoms with van der Waals surface area (Å²) in [6.45, 7) is 5.49. The molecule has 0 bridgehead atoms. The Balaban J connectivity index is 2.28. The van der Waals surface area contributed by atoms with Gasteiger partial charge >= 0.3 is 0 Å². The van der Waals surface area contributed by atoms with Gasteiger partial charge in [-0.2, -0.15) is 0 Å². The Morgan fingerprint density at radius 2 is 1.75 bits per heavy atom. The van der Waals surface area contributed by atoms with Crippen LogP contribution in [-0.4, -0.2) is 20.9 Å². The van der Waals surface area contributed by atoms with Gasteiger partial charge in [-0.15, -0.1) is 0 Å². The van der Waals surface area contributed by atoms with Gasteiger partial charge < -0.3 is 5.43 Å². The highest BCUT2D eigenvalue weighted by molar-refractivity contribution is 6.07. The lowest BCUT2D eigenvalue weighted by molar-refractivity contribution is 0.102. The molecule has 0 radical (unpaired) electrons. The van der Waals surface area contributed by atoms with Gasteiger partial charge in [0.1, 0.15) is 0 Å². The van der Waals surface area contributed by atoms with Crippen molar-refractivity contribution in [3.05, 3.63) is 41.0 Å². The third-order valence-electron chi connectivity index (χ3n) is 2.65. The number of nitrogens with zero attached hydrogens (tertiary/aromatic N) is 3. The number of pyridine rings is 1. The van der Waals surface area contributed by atoms with Gasteiger partial charge in [-0.05, 0) is 32.9 Å². The summed E-state index contributed by atoms with van der Waals surface area (Å²) in [4.78, 5) is 24.6. The van der Waals surface area contributed by atoms with E-state index in [0.717, 1.165) is 17.1 Å². The number of nitrogens with one attached hydrogen (secondary N) is 2. The second-order valence-corrected chi connectivity index (χ2v) is 4.44. The first-order chi connectivity index (χ1) is 9.49. The summed E-state index contributed by atoms with van der Waals surface area (Å²) in [6.07, 6.45) is 1.46. The van der Waals surface area contributed by atoms with Crippen LogP contribution in [-0.2, 0) is 0 Å². The molecule has 7 nitrogen and oxygen atoms in total. The normalized spacial score (nSPS) is 10.2. The number of aromatic nitrogens is 3. The number of nitrogens with two attached hydrogens (primary N) is 1. The fraction of sp³-hybridized carbons (Fsp3) is 0.231. The molecule has 2 aromatic heterocycles. The Bertz CT molecular complexity index is 635. The summed E-state index contributed by atoms with van der Waals surface area (Å²) in [6, 6.07) is 3.52. The summed E-state index contributed by atoms with van der Waals surface area (Å²) in [7, 11) is 0. The molecule has 4 N–H and O–H groups in total. The van der Waals surface area contributed by atoms with Gasteiger partial charge in [0.25, 0.3) is 5.91 Å². The van der Waals surface area contributed by atoms with Gasteiger partial charge in [-0.1, -0.05) is 0 Å². The van der Waals surface area contributed by atoms with E-state index in [1.165, 1.54) is 6.20 Å². The molecule has 0 fully saturated rings. The maximum Gasteiger partial charge on any atom is 0.261 e. The summed E-state index contributed by atoms with van der Waals surface area (Å²) in [5.74, 6) is 5.30.